The molecule has 1 fully saturated rings. The van der Waals surface area contributed by atoms with Gasteiger partial charge in [-0.25, -0.2) is 0 Å². The summed E-state index contributed by atoms with van der Waals surface area (Å²) >= 11 is 0. The molecule has 1 aromatic rings. The van der Waals surface area contributed by atoms with Crippen molar-refractivity contribution < 1.29 is 14.6 Å². The van der Waals surface area contributed by atoms with E-state index in [1.165, 1.54) is 0 Å². The maximum atomic E-state index is 10.3. The molecule has 3 atom stereocenters. The fourth-order valence-electron chi connectivity index (χ4n) is 2.41. The van der Waals surface area contributed by atoms with Gasteiger partial charge in [0.15, 0.2) is 0 Å². The predicted octanol–water partition coefficient (Wildman–Crippen LogP) is 0.777. The van der Waals surface area contributed by atoms with Crippen molar-refractivity contribution in [3.05, 3.63) is 29.8 Å². The largest absolute Gasteiger partial charge is 0.497 e. The topological polar surface area (TPSA) is 68.0 Å². The van der Waals surface area contributed by atoms with Crippen LogP contribution in [0.1, 0.15) is 18.6 Å². The van der Waals surface area contributed by atoms with E-state index in [9.17, 15) is 5.11 Å². The highest BCUT2D eigenvalue weighted by atomic mass is 16.5. The summed E-state index contributed by atoms with van der Waals surface area (Å²) in [6.07, 6.45) is -0.488. The van der Waals surface area contributed by atoms with Gasteiger partial charge in [0.1, 0.15) is 5.75 Å². The summed E-state index contributed by atoms with van der Waals surface area (Å²) in [5, 5.41) is 10.3. The molecular weight excluding hydrogens is 256 g/mol. The van der Waals surface area contributed by atoms with Gasteiger partial charge in [0.25, 0.3) is 0 Å². The molecule has 0 saturated carbocycles. The van der Waals surface area contributed by atoms with E-state index in [0.29, 0.717) is 13.2 Å². The lowest BCUT2D eigenvalue weighted by atomic mass is 10.1. The molecule has 1 aromatic carbocycles. The minimum absolute atomic E-state index is 0.00626. The highest BCUT2D eigenvalue weighted by molar-refractivity contribution is 5.29. The summed E-state index contributed by atoms with van der Waals surface area (Å²) in [6, 6.07) is 7.55. The lowest BCUT2D eigenvalue weighted by molar-refractivity contribution is -0.0488. The van der Waals surface area contributed by atoms with Crippen LogP contribution in [-0.2, 0) is 4.74 Å². The molecule has 2 rings (SSSR count). The Morgan fingerprint density at radius 1 is 1.55 bits per heavy atom. The van der Waals surface area contributed by atoms with E-state index in [1.807, 2.05) is 31.2 Å². The van der Waals surface area contributed by atoms with Gasteiger partial charge in [0.05, 0.1) is 25.9 Å². The molecule has 1 heterocycles. The Morgan fingerprint density at radius 3 is 3.05 bits per heavy atom. The Bertz CT molecular complexity index is 425. The van der Waals surface area contributed by atoms with Crippen LogP contribution in [0.3, 0.4) is 0 Å². The molecule has 1 saturated heterocycles. The molecule has 0 radical (unpaired) electrons. The van der Waals surface area contributed by atoms with E-state index in [-0.39, 0.29) is 12.1 Å². The van der Waals surface area contributed by atoms with Gasteiger partial charge in [0, 0.05) is 25.7 Å². The Morgan fingerprint density at radius 2 is 2.35 bits per heavy atom. The van der Waals surface area contributed by atoms with Crippen molar-refractivity contribution in [1.82, 2.24) is 4.90 Å². The number of hydrogen-bond donors (Lipinski definition) is 2. The molecule has 5 heteroatoms. The second-order valence-electron chi connectivity index (χ2n) is 5.32. The lowest BCUT2D eigenvalue weighted by Gasteiger charge is -2.35. The van der Waals surface area contributed by atoms with Crippen LogP contribution in [0, 0.1) is 0 Å². The third-order valence-electron chi connectivity index (χ3n) is 3.67. The van der Waals surface area contributed by atoms with Crippen LogP contribution in [0.25, 0.3) is 0 Å². The average Bonchev–Trinajstić information content (AvgIpc) is 2.47. The standard InChI is InChI=1S/C15H24N2O3/c1-11(16)15-10-17(6-7-20-15)9-14(18)12-4-3-5-13(8-12)19-2/h3-5,8,11,14-15,18H,6-7,9-10,16H2,1-2H3. The highest BCUT2D eigenvalue weighted by Crippen LogP contribution is 2.21. The minimum atomic E-state index is -0.531. The quantitative estimate of drug-likeness (QED) is 0.834. The summed E-state index contributed by atoms with van der Waals surface area (Å²) in [5.41, 5.74) is 6.75. The minimum Gasteiger partial charge on any atom is -0.497 e. The zero-order chi connectivity index (χ0) is 14.5. The van der Waals surface area contributed by atoms with Crippen LogP contribution in [0.2, 0.25) is 0 Å². The van der Waals surface area contributed by atoms with Gasteiger partial charge in [-0.15, -0.1) is 0 Å². The van der Waals surface area contributed by atoms with E-state index >= 15 is 0 Å². The Labute approximate surface area is 120 Å². The molecule has 0 amide bonds. The van der Waals surface area contributed by atoms with E-state index in [1.54, 1.807) is 7.11 Å². The summed E-state index contributed by atoms with van der Waals surface area (Å²) in [4.78, 5) is 2.20. The van der Waals surface area contributed by atoms with Crippen molar-refractivity contribution in [2.75, 3.05) is 33.4 Å². The summed E-state index contributed by atoms with van der Waals surface area (Å²) in [5.74, 6) is 0.761. The molecule has 0 bridgehead atoms. The normalized spacial score (nSPS) is 23.3. The molecule has 3 N–H and O–H groups in total. The molecule has 1 aliphatic heterocycles. The third-order valence-corrected chi connectivity index (χ3v) is 3.67. The number of morpholine rings is 1. The number of β-amino-alcohol motifs (C(OH)–C–C–N with tert-alkyl or cyclic N) is 1. The van der Waals surface area contributed by atoms with Crippen molar-refractivity contribution in [2.45, 2.75) is 25.2 Å². The molecule has 0 spiro atoms. The van der Waals surface area contributed by atoms with E-state index in [4.69, 9.17) is 15.2 Å². The smallest absolute Gasteiger partial charge is 0.119 e. The van der Waals surface area contributed by atoms with Crippen molar-refractivity contribution in [3.8, 4) is 5.75 Å². The first-order valence-electron chi connectivity index (χ1n) is 7.01. The monoisotopic (exact) mass is 280 g/mol. The zero-order valence-corrected chi connectivity index (χ0v) is 12.2. The van der Waals surface area contributed by atoms with E-state index < -0.39 is 6.10 Å². The Balaban J connectivity index is 1.94. The fourth-order valence-corrected chi connectivity index (χ4v) is 2.41. The van der Waals surface area contributed by atoms with Crippen LogP contribution in [0.4, 0.5) is 0 Å². The first-order chi connectivity index (χ1) is 9.60. The summed E-state index contributed by atoms with van der Waals surface area (Å²) < 4.78 is 10.8. The molecule has 5 nitrogen and oxygen atoms in total. The molecule has 20 heavy (non-hydrogen) atoms. The van der Waals surface area contributed by atoms with Gasteiger partial charge >= 0.3 is 0 Å². The first-order valence-corrected chi connectivity index (χ1v) is 7.01. The number of ether oxygens (including phenoxy) is 2. The average molecular weight is 280 g/mol. The maximum Gasteiger partial charge on any atom is 0.119 e. The number of rotatable bonds is 5. The molecule has 0 aromatic heterocycles. The highest BCUT2D eigenvalue weighted by Gasteiger charge is 2.25. The molecule has 1 aliphatic rings. The number of hydrogen-bond acceptors (Lipinski definition) is 5. The second-order valence-corrected chi connectivity index (χ2v) is 5.32. The van der Waals surface area contributed by atoms with Gasteiger partial charge in [-0.05, 0) is 24.6 Å². The van der Waals surface area contributed by atoms with Crippen LogP contribution in [0.5, 0.6) is 5.75 Å². The molecule has 112 valence electrons. The number of nitrogens with two attached hydrogens (primary N) is 1. The van der Waals surface area contributed by atoms with Gasteiger partial charge < -0.3 is 20.3 Å². The zero-order valence-electron chi connectivity index (χ0n) is 12.2. The Kier molecular flexibility index (Phi) is 5.37. The van der Waals surface area contributed by atoms with Crippen molar-refractivity contribution >= 4 is 0 Å². The summed E-state index contributed by atoms with van der Waals surface area (Å²) in [7, 11) is 1.63. The van der Waals surface area contributed by atoms with Crippen LogP contribution in [-0.4, -0.2) is 55.5 Å². The van der Waals surface area contributed by atoms with Crippen molar-refractivity contribution in [2.24, 2.45) is 5.73 Å². The van der Waals surface area contributed by atoms with Gasteiger partial charge in [-0.1, -0.05) is 12.1 Å². The van der Waals surface area contributed by atoms with Crippen LogP contribution in [0.15, 0.2) is 24.3 Å². The first kappa shape index (κ1) is 15.3. The molecular formula is C15H24N2O3. The lowest BCUT2D eigenvalue weighted by Crippen LogP contribution is -2.50. The maximum absolute atomic E-state index is 10.3. The fraction of sp³-hybridized carbons (Fsp3) is 0.600. The van der Waals surface area contributed by atoms with Gasteiger partial charge in [-0.2, -0.15) is 0 Å². The van der Waals surface area contributed by atoms with Crippen molar-refractivity contribution in [1.29, 1.82) is 0 Å². The van der Waals surface area contributed by atoms with Gasteiger partial charge in [-0.3, -0.25) is 4.90 Å². The van der Waals surface area contributed by atoms with Gasteiger partial charge in [0.2, 0.25) is 0 Å². The molecule has 0 aliphatic carbocycles. The molecule has 3 unspecified atom stereocenters. The SMILES string of the molecule is COc1cccc(C(O)CN2CCOC(C(C)N)C2)c1. The third kappa shape index (κ3) is 3.93. The number of benzene rings is 1. The number of nitrogens with zero attached hydrogens (tertiary/aromatic N) is 1. The second kappa shape index (κ2) is 7.04. The van der Waals surface area contributed by atoms with E-state index in [2.05, 4.69) is 4.90 Å². The van der Waals surface area contributed by atoms with Crippen molar-refractivity contribution in [3.63, 3.8) is 0 Å². The van der Waals surface area contributed by atoms with Crippen LogP contribution >= 0.6 is 0 Å². The predicted molar refractivity (Wildman–Crippen MR) is 77.8 cm³/mol. The van der Waals surface area contributed by atoms with E-state index in [0.717, 1.165) is 24.4 Å². The summed E-state index contributed by atoms with van der Waals surface area (Å²) in [6.45, 7) is 4.78. The number of aliphatic hydroxyl groups excluding tert-OH is 1. The number of aliphatic hydroxyl groups is 1. The number of methoxy groups -OCH3 is 1. The van der Waals surface area contributed by atoms with Crippen LogP contribution < -0.4 is 10.5 Å². The Hall–Kier alpha value is -1.14.